The van der Waals surface area contributed by atoms with E-state index in [-0.39, 0.29) is 17.4 Å². The van der Waals surface area contributed by atoms with Crippen LogP contribution in [0, 0.1) is 11.3 Å². The maximum atomic E-state index is 10.5. The molecule has 0 aliphatic heterocycles. The van der Waals surface area contributed by atoms with E-state index in [2.05, 4.69) is 179 Å². The number of allylic oxidation sites excluding steroid dienone is 24. The van der Waals surface area contributed by atoms with Crippen molar-refractivity contribution in [2.24, 2.45) is 11.3 Å². The first-order chi connectivity index (χ1) is 21.9. The fraction of sp³-hybridized carbons (Fsp3) is 0.422. The molecule has 0 bridgehead atoms. The summed E-state index contributed by atoms with van der Waals surface area (Å²) in [5.74, 6) is 0.0736. The van der Waals surface area contributed by atoms with Crippen LogP contribution in [0.5, 0.6) is 0 Å². The number of hydrogen-bond acceptors (Lipinski definition) is 2. The molecule has 0 radical (unpaired) electrons. The molecule has 0 saturated carbocycles. The third-order valence-electron chi connectivity index (χ3n) is 8.25. The van der Waals surface area contributed by atoms with E-state index < -0.39 is 5.60 Å². The average Bonchev–Trinajstić information content (AvgIpc) is 2.93. The molecule has 2 N–H and O–H groups in total. The van der Waals surface area contributed by atoms with Gasteiger partial charge in [-0.3, -0.25) is 0 Å². The Balaban J connectivity index is 2.67. The highest BCUT2D eigenvalue weighted by Crippen LogP contribution is 2.41. The van der Waals surface area contributed by atoms with E-state index in [1.807, 2.05) is 13.8 Å². The van der Waals surface area contributed by atoms with Crippen molar-refractivity contribution in [1.82, 2.24) is 0 Å². The molecular weight excluding hydrogens is 572 g/mol. The Labute approximate surface area is 288 Å². The van der Waals surface area contributed by atoms with E-state index in [0.29, 0.717) is 0 Å². The van der Waals surface area contributed by atoms with Crippen molar-refractivity contribution < 1.29 is 10.2 Å². The predicted octanol–water partition coefficient (Wildman–Crippen LogP) is 12.3. The van der Waals surface area contributed by atoms with Crippen molar-refractivity contribution >= 4 is 0 Å². The Hall–Kier alpha value is -3.46. The molecule has 0 aromatic rings. The largest absolute Gasteiger partial charge is 0.393 e. The summed E-state index contributed by atoms with van der Waals surface area (Å²) in [5, 5.41) is 20.6. The first-order valence-corrected chi connectivity index (χ1v) is 17.1. The summed E-state index contributed by atoms with van der Waals surface area (Å²) >= 11 is 0. The lowest BCUT2D eigenvalue weighted by molar-refractivity contribution is 0.0380. The second kappa shape index (κ2) is 20.7. The van der Waals surface area contributed by atoms with E-state index in [0.717, 1.165) is 24.8 Å². The van der Waals surface area contributed by atoms with Gasteiger partial charge >= 0.3 is 0 Å². The number of rotatable bonds is 15. The number of aliphatic hydroxyl groups is 2. The molecule has 256 valence electrons. The topological polar surface area (TPSA) is 40.5 Å². The van der Waals surface area contributed by atoms with Crippen LogP contribution in [0.2, 0.25) is 0 Å². The minimum Gasteiger partial charge on any atom is -0.393 e. The van der Waals surface area contributed by atoms with Gasteiger partial charge in [-0.1, -0.05) is 162 Å². The minimum atomic E-state index is -0.757. The second-order valence-electron chi connectivity index (χ2n) is 14.6. The highest BCUT2D eigenvalue weighted by atomic mass is 16.3. The predicted molar refractivity (Wildman–Crippen MR) is 209 cm³/mol. The van der Waals surface area contributed by atoms with E-state index in [4.69, 9.17) is 0 Å². The van der Waals surface area contributed by atoms with Crippen molar-refractivity contribution in [3.63, 3.8) is 0 Å². The van der Waals surface area contributed by atoms with E-state index in [9.17, 15) is 10.2 Å². The number of aliphatic hydroxyl groups excluding tert-OH is 1. The lowest BCUT2D eigenvalue weighted by Crippen LogP contribution is -2.29. The van der Waals surface area contributed by atoms with Gasteiger partial charge in [0.05, 0.1) is 11.7 Å². The third-order valence-corrected chi connectivity index (χ3v) is 8.25. The van der Waals surface area contributed by atoms with Crippen molar-refractivity contribution in [3.05, 3.63) is 154 Å². The highest BCUT2D eigenvalue weighted by Gasteiger charge is 2.31. The smallest absolute Gasteiger partial charge is 0.0657 e. The molecule has 0 heterocycles. The van der Waals surface area contributed by atoms with Crippen LogP contribution in [0.4, 0.5) is 0 Å². The van der Waals surface area contributed by atoms with Gasteiger partial charge in [-0.05, 0) is 99.5 Å². The zero-order valence-electron chi connectivity index (χ0n) is 31.6. The van der Waals surface area contributed by atoms with Crippen LogP contribution in [0.15, 0.2) is 154 Å². The zero-order chi connectivity index (χ0) is 35.6. The third kappa shape index (κ3) is 18.5. The fourth-order valence-electron chi connectivity index (χ4n) is 5.38. The van der Waals surface area contributed by atoms with Crippen LogP contribution in [0.3, 0.4) is 0 Å². The molecule has 0 spiro atoms. The molecule has 2 nitrogen and oxygen atoms in total. The first kappa shape index (κ1) is 41.6. The van der Waals surface area contributed by atoms with Gasteiger partial charge < -0.3 is 10.2 Å². The monoisotopic (exact) mass is 636 g/mol. The van der Waals surface area contributed by atoms with Crippen LogP contribution < -0.4 is 0 Å². The van der Waals surface area contributed by atoms with E-state index in [1.54, 1.807) is 0 Å². The number of hydrogen-bond donors (Lipinski definition) is 2. The summed E-state index contributed by atoms with van der Waals surface area (Å²) in [6, 6.07) is 0. The van der Waals surface area contributed by atoms with Crippen LogP contribution in [-0.4, -0.2) is 21.9 Å². The Morgan fingerprint density at radius 1 is 0.723 bits per heavy atom. The standard InChI is InChI=1S/C45H64O2/c1-34(2)26-29-41(45(11,12)47)30-27-38(6)24-17-23-37(5)22-15-20-35(3)18-13-14-19-36(4)21-16-25-39(7)28-31-43-40(8)32-42(46)33-44(43,9)10/h13-28,30-31,41-42,46-47H,29,32-33H2,1-12H3/b14-13+,20-15+,21-16+,23-17+,30-27+,31-28+,35-18+,36-19+,37-22+,38-24+,39-25+/t41-,42+/m0/s1. The molecule has 0 unspecified atom stereocenters. The Bertz CT molecular complexity index is 1420. The maximum absolute atomic E-state index is 10.5. The van der Waals surface area contributed by atoms with Gasteiger partial charge in [0, 0.05) is 5.92 Å². The van der Waals surface area contributed by atoms with Gasteiger partial charge in [-0.15, -0.1) is 0 Å². The summed E-state index contributed by atoms with van der Waals surface area (Å²) in [6.07, 6.45) is 40.3. The first-order valence-electron chi connectivity index (χ1n) is 17.1. The molecule has 1 aliphatic carbocycles. The Morgan fingerprint density at radius 2 is 1.15 bits per heavy atom. The molecule has 0 aromatic carbocycles. The molecule has 0 fully saturated rings. The van der Waals surface area contributed by atoms with Crippen LogP contribution in [0.1, 0.15) is 102 Å². The van der Waals surface area contributed by atoms with Crippen LogP contribution in [0.25, 0.3) is 0 Å². The van der Waals surface area contributed by atoms with Gasteiger partial charge in [-0.2, -0.15) is 0 Å². The molecule has 0 saturated heterocycles. The summed E-state index contributed by atoms with van der Waals surface area (Å²) < 4.78 is 0. The Kier molecular flexibility index (Phi) is 18.3. The summed E-state index contributed by atoms with van der Waals surface area (Å²) in [7, 11) is 0. The van der Waals surface area contributed by atoms with Crippen molar-refractivity contribution in [1.29, 1.82) is 0 Å². The average molecular weight is 637 g/mol. The zero-order valence-corrected chi connectivity index (χ0v) is 31.6. The summed E-state index contributed by atoms with van der Waals surface area (Å²) in [5.41, 5.74) is 9.03. The van der Waals surface area contributed by atoms with Crippen molar-refractivity contribution in [2.45, 2.75) is 114 Å². The van der Waals surface area contributed by atoms with Crippen LogP contribution in [-0.2, 0) is 0 Å². The van der Waals surface area contributed by atoms with E-state index in [1.165, 1.54) is 39.0 Å². The van der Waals surface area contributed by atoms with E-state index >= 15 is 0 Å². The fourth-order valence-corrected chi connectivity index (χ4v) is 5.38. The lowest BCUT2D eigenvalue weighted by atomic mass is 9.71. The molecule has 2 heteroatoms. The normalized spacial score (nSPS) is 20.4. The van der Waals surface area contributed by atoms with Gasteiger partial charge in [0.25, 0.3) is 0 Å². The van der Waals surface area contributed by atoms with Gasteiger partial charge in [0.15, 0.2) is 0 Å². The van der Waals surface area contributed by atoms with Gasteiger partial charge in [0.1, 0.15) is 0 Å². The molecule has 0 amide bonds. The molecule has 0 aromatic heterocycles. The SMILES string of the molecule is CC(C)=CC[C@@H](/C=C/C(C)=C/C=C/C(C)=C/C=C/C(C)=C/C=C/C=C(C)/C=C/C=C(C)/C=C/C1=C(C)C[C@@H](O)CC1(C)C)C(C)(C)O. The molecular formula is C45H64O2. The minimum absolute atomic E-state index is 0.00109. The molecule has 47 heavy (non-hydrogen) atoms. The van der Waals surface area contributed by atoms with Gasteiger partial charge in [-0.25, -0.2) is 0 Å². The molecule has 1 aliphatic rings. The van der Waals surface area contributed by atoms with Crippen molar-refractivity contribution in [2.75, 3.05) is 0 Å². The van der Waals surface area contributed by atoms with Crippen molar-refractivity contribution in [3.8, 4) is 0 Å². The maximum Gasteiger partial charge on any atom is 0.0657 e. The highest BCUT2D eigenvalue weighted by molar-refractivity contribution is 5.38. The molecule has 1 rings (SSSR count). The Morgan fingerprint density at radius 3 is 1.57 bits per heavy atom. The molecule has 2 atom stereocenters. The summed E-state index contributed by atoms with van der Waals surface area (Å²) in [4.78, 5) is 0. The second-order valence-corrected chi connectivity index (χ2v) is 14.6. The quantitative estimate of drug-likeness (QED) is 0.139. The summed E-state index contributed by atoms with van der Waals surface area (Å²) in [6.45, 7) is 25.0. The van der Waals surface area contributed by atoms with Gasteiger partial charge in [0.2, 0.25) is 0 Å². The lowest BCUT2D eigenvalue weighted by Gasteiger charge is -2.35. The van der Waals surface area contributed by atoms with Crippen LogP contribution >= 0.6 is 0 Å².